The highest BCUT2D eigenvalue weighted by Crippen LogP contribution is 2.34. The number of aryl methyl sites for hydroxylation is 1. The number of rotatable bonds is 4. The molecule has 0 spiro atoms. The molecule has 1 unspecified atom stereocenters. The Labute approximate surface area is 180 Å². The van der Waals surface area contributed by atoms with E-state index >= 15 is 0 Å². The first kappa shape index (κ1) is 20.7. The van der Waals surface area contributed by atoms with Crippen molar-refractivity contribution in [3.63, 3.8) is 0 Å². The highest BCUT2D eigenvalue weighted by atomic mass is 16.5. The molecular formula is C24H25N3O4. The van der Waals surface area contributed by atoms with Crippen molar-refractivity contribution < 1.29 is 14.3 Å². The van der Waals surface area contributed by atoms with Crippen molar-refractivity contribution in [3.8, 4) is 11.5 Å². The van der Waals surface area contributed by atoms with Crippen LogP contribution in [-0.4, -0.2) is 28.3 Å². The van der Waals surface area contributed by atoms with Gasteiger partial charge in [0, 0.05) is 30.1 Å². The third-order valence-corrected chi connectivity index (χ3v) is 5.96. The van der Waals surface area contributed by atoms with Gasteiger partial charge in [-0.25, -0.2) is 4.99 Å². The number of hydrogen-bond donors (Lipinski definition) is 1. The molecule has 3 aromatic rings. The van der Waals surface area contributed by atoms with Gasteiger partial charge in [0.2, 0.25) is 11.2 Å². The van der Waals surface area contributed by atoms with E-state index in [1.807, 2.05) is 45.2 Å². The van der Waals surface area contributed by atoms with Gasteiger partial charge in [0.25, 0.3) is 0 Å². The van der Waals surface area contributed by atoms with Gasteiger partial charge in [0.15, 0.2) is 11.6 Å². The van der Waals surface area contributed by atoms with Gasteiger partial charge in [0.1, 0.15) is 23.3 Å². The number of amidine groups is 1. The number of methoxy groups -OCH3 is 1. The zero-order valence-corrected chi connectivity index (χ0v) is 18.5. The Bertz CT molecular complexity index is 1270. The number of ether oxygens (including phenoxy) is 1. The molecule has 1 N–H and O–H groups in total. The first-order valence-electron chi connectivity index (χ1n) is 10.00. The summed E-state index contributed by atoms with van der Waals surface area (Å²) in [5, 5.41) is 10.5. The van der Waals surface area contributed by atoms with E-state index in [0.29, 0.717) is 17.3 Å². The van der Waals surface area contributed by atoms with Crippen LogP contribution >= 0.6 is 0 Å². The molecule has 31 heavy (non-hydrogen) atoms. The van der Waals surface area contributed by atoms with Crippen LogP contribution in [0.5, 0.6) is 11.5 Å². The molecule has 2 aromatic heterocycles. The molecule has 1 aromatic carbocycles. The summed E-state index contributed by atoms with van der Waals surface area (Å²) in [5.74, 6) is 1.26. The lowest BCUT2D eigenvalue weighted by Crippen LogP contribution is -2.13. The molecule has 1 aliphatic heterocycles. The lowest BCUT2D eigenvalue weighted by molar-refractivity contribution is 0.413. The monoisotopic (exact) mass is 419 g/mol. The molecule has 160 valence electrons. The summed E-state index contributed by atoms with van der Waals surface area (Å²) in [6, 6.07) is 8.20. The Kier molecular flexibility index (Phi) is 5.05. The molecule has 7 heteroatoms. The zero-order valence-electron chi connectivity index (χ0n) is 18.5. The molecule has 3 heterocycles. The largest absolute Gasteiger partial charge is 0.501 e. The van der Waals surface area contributed by atoms with Gasteiger partial charge in [0.05, 0.1) is 7.11 Å². The molecule has 4 rings (SSSR count). The Balaban J connectivity index is 1.94. The minimum atomic E-state index is -0.531. The van der Waals surface area contributed by atoms with Crippen LogP contribution in [0.3, 0.4) is 0 Å². The van der Waals surface area contributed by atoms with Crippen LogP contribution in [-0.2, 0) is 7.05 Å². The van der Waals surface area contributed by atoms with Crippen molar-refractivity contribution in [1.82, 2.24) is 4.57 Å². The van der Waals surface area contributed by atoms with Crippen LogP contribution in [0.25, 0.3) is 0 Å². The number of benzene rings is 1. The van der Waals surface area contributed by atoms with E-state index in [0.717, 1.165) is 33.8 Å². The summed E-state index contributed by atoms with van der Waals surface area (Å²) in [6.45, 7) is 7.79. The van der Waals surface area contributed by atoms with Gasteiger partial charge in [-0.15, -0.1) is 0 Å². The van der Waals surface area contributed by atoms with Crippen molar-refractivity contribution in [2.24, 2.45) is 17.0 Å². The maximum atomic E-state index is 12.2. The van der Waals surface area contributed by atoms with Crippen LogP contribution in [0, 0.1) is 27.7 Å². The van der Waals surface area contributed by atoms with Gasteiger partial charge in [-0.05, 0) is 51.0 Å². The van der Waals surface area contributed by atoms with E-state index in [2.05, 4.69) is 11.5 Å². The van der Waals surface area contributed by atoms with Crippen molar-refractivity contribution in [2.45, 2.75) is 33.7 Å². The number of aliphatic imine (C=N–C) groups is 2. The first-order valence-corrected chi connectivity index (χ1v) is 10.00. The second kappa shape index (κ2) is 7.58. The SMILES string of the molecule is COc1ccc(C2N=C(c3c(C)c(C)n(C)c3C)N=C2c2oc(C)cc(=O)c2O)cc1. The molecule has 0 fully saturated rings. The molecular weight excluding hydrogens is 394 g/mol. The standard InChI is InChI=1S/C24H25N3O4/c1-12-11-18(28)22(29)23(31-12)21-20(16-7-9-17(30-6)10-8-16)25-24(26-21)19-13(2)14(3)27(5)15(19)4/h7-11,20,29H,1-6H3. The summed E-state index contributed by atoms with van der Waals surface area (Å²) in [4.78, 5) is 21.9. The predicted molar refractivity (Wildman–Crippen MR) is 120 cm³/mol. The predicted octanol–water partition coefficient (Wildman–Crippen LogP) is 3.92. The molecule has 0 bridgehead atoms. The average molecular weight is 419 g/mol. The fraction of sp³-hybridized carbons (Fsp3) is 0.292. The maximum Gasteiger partial charge on any atom is 0.227 e. The quantitative estimate of drug-likeness (QED) is 0.694. The highest BCUT2D eigenvalue weighted by molar-refractivity contribution is 6.19. The van der Waals surface area contributed by atoms with Gasteiger partial charge < -0.3 is 18.8 Å². The van der Waals surface area contributed by atoms with Gasteiger partial charge in [-0.2, -0.15) is 0 Å². The van der Waals surface area contributed by atoms with E-state index in [-0.39, 0.29) is 5.76 Å². The third-order valence-electron chi connectivity index (χ3n) is 5.96. The zero-order chi connectivity index (χ0) is 22.4. The molecule has 0 aliphatic carbocycles. The molecule has 1 aliphatic rings. The number of nitrogens with zero attached hydrogens (tertiary/aromatic N) is 3. The molecule has 0 saturated carbocycles. The topological polar surface area (TPSA) is 89.3 Å². The van der Waals surface area contributed by atoms with E-state index in [1.54, 1.807) is 14.0 Å². The molecule has 0 amide bonds. The molecule has 7 nitrogen and oxygen atoms in total. The van der Waals surface area contributed by atoms with Crippen molar-refractivity contribution in [3.05, 3.63) is 80.2 Å². The van der Waals surface area contributed by atoms with Crippen LogP contribution in [0.4, 0.5) is 0 Å². The van der Waals surface area contributed by atoms with E-state index in [4.69, 9.17) is 19.1 Å². The van der Waals surface area contributed by atoms with E-state index in [9.17, 15) is 9.90 Å². The van der Waals surface area contributed by atoms with E-state index in [1.165, 1.54) is 6.07 Å². The number of aromatic hydroxyl groups is 1. The van der Waals surface area contributed by atoms with Gasteiger partial charge in [-0.1, -0.05) is 12.1 Å². The second-order valence-electron chi connectivity index (χ2n) is 7.75. The smallest absolute Gasteiger partial charge is 0.227 e. The van der Waals surface area contributed by atoms with Crippen molar-refractivity contribution >= 4 is 11.5 Å². The number of aromatic nitrogens is 1. The normalized spacial score (nSPS) is 15.7. The Morgan fingerprint density at radius 2 is 1.77 bits per heavy atom. The average Bonchev–Trinajstić information content (AvgIpc) is 3.26. The fourth-order valence-electron chi connectivity index (χ4n) is 3.93. The Hall–Kier alpha value is -3.61. The third kappa shape index (κ3) is 3.36. The Morgan fingerprint density at radius 1 is 1.10 bits per heavy atom. The molecule has 0 saturated heterocycles. The van der Waals surface area contributed by atoms with Crippen LogP contribution in [0.2, 0.25) is 0 Å². The summed E-state index contributed by atoms with van der Waals surface area (Å²) >= 11 is 0. The van der Waals surface area contributed by atoms with Crippen LogP contribution in [0.1, 0.15) is 45.6 Å². The van der Waals surface area contributed by atoms with Gasteiger partial charge in [-0.3, -0.25) is 9.79 Å². The second-order valence-corrected chi connectivity index (χ2v) is 7.75. The molecule has 1 atom stereocenters. The molecule has 0 radical (unpaired) electrons. The van der Waals surface area contributed by atoms with Crippen molar-refractivity contribution in [1.29, 1.82) is 0 Å². The summed E-state index contributed by atoms with van der Waals surface area (Å²) in [6.07, 6.45) is 0. The minimum absolute atomic E-state index is 0.0486. The van der Waals surface area contributed by atoms with Gasteiger partial charge >= 0.3 is 0 Å². The van der Waals surface area contributed by atoms with E-state index < -0.39 is 17.2 Å². The summed E-state index contributed by atoms with van der Waals surface area (Å²) in [7, 11) is 3.62. The van der Waals surface area contributed by atoms with Crippen LogP contribution < -0.4 is 10.2 Å². The van der Waals surface area contributed by atoms with Crippen LogP contribution in [0.15, 0.2) is 49.5 Å². The lowest BCUT2D eigenvalue weighted by Gasteiger charge is -2.12. The minimum Gasteiger partial charge on any atom is -0.501 e. The summed E-state index contributed by atoms with van der Waals surface area (Å²) in [5.41, 5.74) is 4.95. The highest BCUT2D eigenvalue weighted by Gasteiger charge is 2.33. The summed E-state index contributed by atoms with van der Waals surface area (Å²) < 4.78 is 13.1. The number of hydrogen-bond acceptors (Lipinski definition) is 6. The van der Waals surface area contributed by atoms with Crippen molar-refractivity contribution in [2.75, 3.05) is 7.11 Å². The maximum absolute atomic E-state index is 12.2. The first-order chi connectivity index (χ1) is 14.7. The fourth-order valence-corrected chi connectivity index (χ4v) is 3.93. The Morgan fingerprint density at radius 3 is 2.35 bits per heavy atom. The lowest BCUT2D eigenvalue weighted by atomic mass is 10.0.